The van der Waals surface area contributed by atoms with E-state index in [-0.39, 0.29) is 11.2 Å². The maximum absolute atomic E-state index is 10.9. The van der Waals surface area contributed by atoms with Gasteiger partial charge in [0.1, 0.15) is 5.52 Å². The third kappa shape index (κ3) is 2.32. The zero-order valence-electron chi connectivity index (χ0n) is 10.5. The summed E-state index contributed by atoms with van der Waals surface area (Å²) in [6.07, 6.45) is 1.47. The van der Waals surface area contributed by atoms with Gasteiger partial charge in [0.25, 0.3) is 0 Å². The molecule has 2 N–H and O–H groups in total. The van der Waals surface area contributed by atoms with Gasteiger partial charge in [0.2, 0.25) is 0 Å². The second-order valence-corrected chi connectivity index (χ2v) is 4.96. The average molecular weight is 294 g/mol. The van der Waals surface area contributed by atoms with Crippen molar-refractivity contribution in [3.63, 3.8) is 0 Å². The predicted molar refractivity (Wildman–Crippen MR) is 74.0 cm³/mol. The van der Waals surface area contributed by atoms with Crippen molar-refractivity contribution in [3.8, 4) is 0 Å². The Hall–Kier alpha value is -2.15. The Kier molecular flexibility index (Phi) is 3.27. The van der Waals surface area contributed by atoms with Crippen LogP contribution in [0.25, 0.3) is 10.9 Å². The van der Waals surface area contributed by atoms with Crippen molar-refractivity contribution in [3.05, 3.63) is 23.5 Å². The van der Waals surface area contributed by atoms with Crippen LogP contribution in [0.5, 0.6) is 0 Å². The Bertz CT molecular complexity index is 665. The average Bonchev–Trinajstić information content (AvgIpc) is 2.91. The molecule has 8 heteroatoms. The second kappa shape index (κ2) is 5.09. The van der Waals surface area contributed by atoms with E-state index in [9.17, 15) is 4.79 Å². The highest BCUT2D eigenvalue weighted by molar-refractivity contribution is 6.33. The third-order valence-electron chi connectivity index (χ3n) is 3.30. The molecule has 0 aliphatic carbocycles. The summed E-state index contributed by atoms with van der Waals surface area (Å²) < 4.78 is 0. The van der Waals surface area contributed by atoms with Crippen LogP contribution >= 0.6 is 11.6 Å². The number of nitrogens with zero attached hydrogens (tertiary/aromatic N) is 4. The lowest BCUT2D eigenvalue weighted by Gasteiger charge is -2.15. The standard InChI is InChI=1S/C12H12ClN5O2/c13-10-9-8(2-1-4-14-9)11(17-16-10)15-7-3-5-18(6-7)12(19)20/h1-2,4,7H,3,5-6H2,(H,15,17)(H,19,20)/t7-/m0/s1. The minimum Gasteiger partial charge on any atom is -0.465 e. The summed E-state index contributed by atoms with van der Waals surface area (Å²) >= 11 is 5.96. The van der Waals surface area contributed by atoms with E-state index in [0.29, 0.717) is 24.4 Å². The minimum absolute atomic E-state index is 0.0185. The Morgan fingerprint density at radius 3 is 3.10 bits per heavy atom. The van der Waals surface area contributed by atoms with E-state index in [1.807, 2.05) is 6.07 Å². The molecule has 1 aliphatic heterocycles. The van der Waals surface area contributed by atoms with Crippen LogP contribution in [0.2, 0.25) is 5.15 Å². The van der Waals surface area contributed by atoms with Crippen molar-refractivity contribution in [2.24, 2.45) is 0 Å². The lowest BCUT2D eigenvalue weighted by atomic mass is 10.2. The maximum Gasteiger partial charge on any atom is 0.407 e. The number of likely N-dealkylation sites (tertiary alicyclic amines) is 1. The first-order chi connectivity index (χ1) is 9.65. The minimum atomic E-state index is -0.900. The van der Waals surface area contributed by atoms with Crippen LogP contribution in [0.3, 0.4) is 0 Å². The monoisotopic (exact) mass is 293 g/mol. The van der Waals surface area contributed by atoms with Crippen LogP contribution in [-0.4, -0.2) is 50.4 Å². The number of aromatic nitrogens is 3. The molecule has 20 heavy (non-hydrogen) atoms. The van der Waals surface area contributed by atoms with Crippen LogP contribution in [0.15, 0.2) is 18.3 Å². The van der Waals surface area contributed by atoms with Crippen LogP contribution < -0.4 is 5.32 Å². The molecule has 0 unspecified atom stereocenters. The fourth-order valence-corrected chi connectivity index (χ4v) is 2.50. The van der Waals surface area contributed by atoms with Gasteiger partial charge >= 0.3 is 6.09 Å². The van der Waals surface area contributed by atoms with Gasteiger partial charge in [-0.25, -0.2) is 4.79 Å². The molecule has 1 aliphatic rings. The smallest absolute Gasteiger partial charge is 0.407 e. The molecule has 7 nitrogen and oxygen atoms in total. The molecule has 2 aromatic rings. The van der Waals surface area contributed by atoms with Crippen molar-refractivity contribution in [1.29, 1.82) is 0 Å². The van der Waals surface area contributed by atoms with Gasteiger partial charge in [0.05, 0.1) is 0 Å². The molecule has 104 valence electrons. The number of fused-ring (bicyclic) bond motifs is 1. The first-order valence-corrected chi connectivity index (χ1v) is 6.54. The second-order valence-electron chi connectivity index (χ2n) is 4.60. The third-order valence-corrected chi connectivity index (χ3v) is 3.55. The Morgan fingerprint density at radius 2 is 2.35 bits per heavy atom. The summed E-state index contributed by atoms with van der Waals surface area (Å²) in [4.78, 5) is 16.5. The number of carbonyl (C=O) groups is 1. The molecule has 3 rings (SSSR count). The number of hydrogen-bond acceptors (Lipinski definition) is 5. The molecule has 2 aromatic heterocycles. The molecule has 0 spiro atoms. The molecule has 1 amide bonds. The van der Waals surface area contributed by atoms with Crippen LogP contribution in [-0.2, 0) is 0 Å². The Morgan fingerprint density at radius 1 is 1.50 bits per heavy atom. The van der Waals surface area contributed by atoms with Gasteiger partial charge in [-0.15, -0.1) is 10.2 Å². The quantitative estimate of drug-likeness (QED) is 0.878. The predicted octanol–water partition coefficient (Wildman–Crippen LogP) is 1.84. The highest BCUT2D eigenvalue weighted by atomic mass is 35.5. The maximum atomic E-state index is 10.9. The number of halogens is 1. The van der Waals surface area contributed by atoms with Crippen molar-refractivity contribution in [2.75, 3.05) is 18.4 Å². The van der Waals surface area contributed by atoms with Gasteiger partial charge in [-0.05, 0) is 18.6 Å². The van der Waals surface area contributed by atoms with E-state index in [0.717, 1.165) is 11.8 Å². The summed E-state index contributed by atoms with van der Waals surface area (Å²) in [5.74, 6) is 0.578. The summed E-state index contributed by atoms with van der Waals surface area (Å²) in [6, 6.07) is 3.67. The molecular weight excluding hydrogens is 282 g/mol. The number of pyridine rings is 1. The summed E-state index contributed by atoms with van der Waals surface area (Å²) in [7, 11) is 0. The largest absolute Gasteiger partial charge is 0.465 e. The molecule has 0 radical (unpaired) electrons. The number of amides is 1. The van der Waals surface area contributed by atoms with E-state index in [4.69, 9.17) is 16.7 Å². The van der Waals surface area contributed by atoms with E-state index < -0.39 is 6.09 Å². The Balaban J connectivity index is 1.85. The summed E-state index contributed by atoms with van der Waals surface area (Å²) in [5, 5.41) is 21.1. The van der Waals surface area contributed by atoms with Crippen LogP contribution in [0.1, 0.15) is 6.42 Å². The first-order valence-electron chi connectivity index (χ1n) is 6.16. The molecule has 1 saturated heterocycles. The summed E-state index contributed by atoms with van der Waals surface area (Å²) in [5.41, 5.74) is 0.583. The molecular formula is C12H12ClN5O2. The molecule has 1 fully saturated rings. The van der Waals surface area contributed by atoms with E-state index >= 15 is 0 Å². The van der Waals surface area contributed by atoms with Crippen molar-refractivity contribution < 1.29 is 9.90 Å². The molecule has 0 aromatic carbocycles. The number of rotatable bonds is 2. The van der Waals surface area contributed by atoms with Crippen molar-refractivity contribution in [1.82, 2.24) is 20.1 Å². The van der Waals surface area contributed by atoms with Crippen LogP contribution in [0.4, 0.5) is 10.6 Å². The van der Waals surface area contributed by atoms with E-state index in [1.54, 1.807) is 12.3 Å². The lowest BCUT2D eigenvalue weighted by molar-refractivity contribution is 0.155. The van der Waals surface area contributed by atoms with Gasteiger partial charge in [-0.1, -0.05) is 11.6 Å². The number of carboxylic acid groups (broad SMARTS) is 1. The fraction of sp³-hybridized carbons (Fsp3) is 0.333. The Labute approximate surface area is 119 Å². The lowest BCUT2D eigenvalue weighted by Crippen LogP contribution is -2.30. The SMILES string of the molecule is O=C(O)N1CC[C@H](Nc2nnc(Cl)c3ncccc23)C1. The van der Waals surface area contributed by atoms with Gasteiger partial charge in [0.15, 0.2) is 11.0 Å². The first kappa shape index (κ1) is 12.9. The van der Waals surface area contributed by atoms with E-state index in [2.05, 4.69) is 20.5 Å². The zero-order valence-corrected chi connectivity index (χ0v) is 11.2. The van der Waals surface area contributed by atoms with Gasteiger partial charge < -0.3 is 15.3 Å². The molecule has 3 heterocycles. The highest BCUT2D eigenvalue weighted by Crippen LogP contribution is 2.25. The van der Waals surface area contributed by atoms with Crippen molar-refractivity contribution >= 4 is 34.4 Å². The molecule has 0 saturated carbocycles. The summed E-state index contributed by atoms with van der Waals surface area (Å²) in [6.45, 7) is 0.950. The van der Waals surface area contributed by atoms with Crippen LogP contribution in [0, 0.1) is 0 Å². The zero-order chi connectivity index (χ0) is 14.1. The normalized spacial score (nSPS) is 18.4. The molecule has 1 atom stereocenters. The van der Waals surface area contributed by atoms with Crippen molar-refractivity contribution in [2.45, 2.75) is 12.5 Å². The van der Waals surface area contributed by atoms with E-state index in [1.165, 1.54) is 4.90 Å². The van der Waals surface area contributed by atoms with Gasteiger partial charge in [0, 0.05) is 30.7 Å². The number of anilines is 1. The topological polar surface area (TPSA) is 91.2 Å². The molecule has 0 bridgehead atoms. The fourth-order valence-electron chi connectivity index (χ4n) is 2.31. The number of nitrogens with one attached hydrogen (secondary N) is 1. The number of hydrogen-bond donors (Lipinski definition) is 2. The highest BCUT2D eigenvalue weighted by Gasteiger charge is 2.26. The van der Waals surface area contributed by atoms with Gasteiger partial charge in [-0.3, -0.25) is 4.98 Å². The van der Waals surface area contributed by atoms with Gasteiger partial charge in [-0.2, -0.15) is 0 Å².